The first kappa shape index (κ1) is 14.2. The van der Waals surface area contributed by atoms with Gasteiger partial charge >= 0.3 is 5.38 Å². The molecule has 3 nitrogen and oxygen atoms in total. The maximum atomic E-state index is 13.1. The normalized spacial score (nSPS) is 13.5. The molecular weight excluding hydrogens is 250 g/mol. The second-order valence-electron chi connectivity index (χ2n) is 3.53. The monoisotopic (exact) mass is 264 g/mol. The van der Waals surface area contributed by atoms with E-state index in [1.807, 2.05) is 12.3 Å². The fraction of sp³-hybridized carbons (Fsp3) is 0.455. The van der Waals surface area contributed by atoms with Gasteiger partial charge in [0.2, 0.25) is 0 Å². The van der Waals surface area contributed by atoms with Crippen LogP contribution in [0.4, 0.5) is 8.78 Å². The van der Waals surface area contributed by atoms with Crippen LogP contribution in [-0.2, 0) is 0 Å². The van der Waals surface area contributed by atoms with Gasteiger partial charge in [0.1, 0.15) is 11.8 Å². The minimum atomic E-state index is -3.49. The SMILES string of the molecule is CCCOc1ccccc1C(NN)C(F)(F)Cl. The molecule has 6 heteroatoms. The second kappa shape index (κ2) is 6.14. The van der Waals surface area contributed by atoms with Crippen LogP contribution in [0.5, 0.6) is 5.75 Å². The summed E-state index contributed by atoms with van der Waals surface area (Å²) in [5.41, 5.74) is 2.25. The standard InChI is InChI=1S/C11H15ClF2N2O/c1-2-7-17-9-6-4-3-5-8(9)10(16-15)11(12,13)14/h3-6,10,16H,2,7,15H2,1H3. The van der Waals surface area contributed by atoms with E-state index >= 15 is 0 Å². The van der Waals surface area contributed by atoms with Crippen molar-refractivity contribution < 1.29 is 13.5 Å². The number of ether oxygens (including phenoxy) is 1. The van der Waals surface area contributed by atoms with Crippen molar-refractivity contribution in [3.8, 4) is 5.75 Å². The number of hydrogen-bond donors (Lipinski definition) is 2. The Kier molecular flexibility index (Phi) is 5.11. The number of benzene rings is 1. The van der Waals surface area contributed by atoms with Crippen molar-refractivity contribution in [1.82, 2.24) is 5.43 Å². The van der Waals surface area contributed by atoms with Crippen LogP contribution < -0.4 is 16.0 Å². The summed E-state index contributed by atoms with van der Waals surface area (Å²) in [4.78, 5) is 0. The third-order valence-electron chi connectivity index (χ3n) is 2.19. The predicted octanol–water partition coefficient (Wildman–Crippen LogP) is 2.81. The van der Waals surface area contributed by atoms with Crippen LogP contribution in [0, 0.1) is 0 Å². The van der Waals surface area contributed by atoms with Crippen LogP contribution in [0.2, 0.25) is 0 Å². The van der Waals surface area contributed by atoms with Gasteiger partial charge in [-0.3, -0.25) is 5.84 Å². The number of hydrazine groups is 1. The van der Waals surface area contributed by atoms with Gasteiger partial charge in [0.15, 0.2) is 0 Å². The quantitative estimate of drug-likeness (QED) is 0.472. The van der Waals surface area contributed by atoms with Gasteiger partial charge in [-0.25, -0.2) is 5.43 Å². The average Bonchev–Trinajstić information content (AvgIpc) is 2.27. The number of nitrogens with two attached hydrogens (primary N) is 1. The van der Waals surface area contributed by atoms with E-state index in [1.54, 1.807) is 18.2 Å². The van der Waals surface area contributed by atoms with Gasteiger partial charge in [-0.2, -0.15) is 8.78 Å². The highest BCUT2D eigenvalue weighted by molar-refractivity contribution is 6.22. The molecule has 0 heterocycles. The molecule has 0 aliphatic carbocycles. The summed E-state index contributed by atoms with van der Waals surface area (Å²) >= 11 is 5.01. The summed E-state index contributed by atoms with van der Waals surface area (Å²) < 4.78 is 31.7. The van der Waals surface area contributed by atoms with Gasteiger partial charge in [0.05, 0.1) is 6.61 Å². The molecule has 0 bridgehead atoms. The van der Waals surface area contributed by atoms with Crippen LogP contribution in [0.15, 0.2) is 24.3 Å². The molecule has 0 aliphatic rings. The number of halogens is 3. The fourth-order valence-corrected chi connectivity index (χ4v) is 1.60. The molecule has 17 heavy (non-hydrogen) atoms. The van der Waals surface area contributed by atoms with Crippen molar-refractivity contribution in [3.63, 3.8) is 0 Å². The lowest BCUT2D eigenvalue weighted by atomic mass is 10.1. The maximum Gasteiger partial charge on any atom is 0.342 e. The Bertz CT molecular complexity index is 358. The minimum absolute atomic E-state index is 0.239. The van der Waals surface area contributed by atoms with E-state index in [0.717, 1.165) is 6.42 Å². The van der Waals surface area contributed by atoms with E-state index in [2.05, 4.69) is 0 Å². The van der Waals surface area contributed by atoms with Crippen molar-refractivity contribution in [2.75, 3.05) is 6.61 Å². The topological polar surface area (TPSA) is 47.3 Å². The van der Waals surface area contributed by atoms with E-state index in [-0.39, 0.29) is 5.56 Å². The lowest BCUT2D eigenvalue weighted by Crippen LogP contribution is -2.38. The molecule has 1 rings (SSSR count). The Labute approximate surface area is 104 Å². The molecular formula is C11H15ClF2N2O. The molecule has 0 saturated heterocycles. The van der Waals surface area contributed by atoms with E-state index in [0.29, 0.717) is 12.4 Å². The Morgan fingerprint density at radius 2 is 2.12 bits per heavy atom. The molecule has 0 fully saturated rings. The van der Waals surface area contributed by atoms with Gasteiger partial charge in [0, 0.05) is 5.56 Å². The van der Waals surface area contributed by atoms with Crippen LogP contribution in [-0.4, -0.2) is 12.0 Å². The molecule has 0 saturated carbocycles. The van der Waals surface area contributed by atoms with E-state index in [9.17, 15) is 8.78 Å². The maximum absolute atomic E-state index is 13.1. The Balaban J connectivity index is 3.02. The summed E-state index contributed by atoms with van der Waals surface area (Å²) in [6, 6.07) is 4.96. The van der Waals surface area contributed by atoms with Crippen molar-refractivity contribution in [3.05, 3.63) is 29.8 Å². The zero-order valence-corrected chi connectivity index (χ0v) is 10.2. The lowest BCUT2D eigenvalue weighted by Gasteiger charge is -2.23. The van der Waals surface area contributed by atoms with Gasteiger partial charge < -0.3 is 4.74 Å². The van der Waals surface area contributed by atoms with Crippen molar-refractivity contribution in [1.29, 1.82) is 0 Å². The molecule has 1 aromatic rings. The van der Waals surface area contributed by atoms with Crippen molar-refractivity contribution in [2.24, 2.45) is 5.84 Å². The van der Waals surface area contributed by atoms with E-state index in [4.69, 9.17) is 22.2 Å². The third kappa shape index (κ3) is 3.80. The van der Waals surface area contributed by atoms with Crippen molar-refractivity contribution in [2.45, 2.75) is 24.8 Å². The summed E-state index contributed by atoms with van der Waals surface area (Å²) in [6.07, 6.45) is 0.784. The zero-order valence-electron chi connectivity index (χ0n) is 9.42. The van der Waals surface area contributed by atoms with Gasteiger partial charge in [0.25, 0.3) is 0 Å². The van der Waals surface area contributed by atoms with Crippen LogP contribution in [0.1, 0.15) is 24.9 Å². The first-order valence-electron chi connectivity index (χ1n) is 5.25. The molecule has 0 radical (unpaired) electrons. The summed E-state index contributed by atoms with van der Waals surface area (Å²) in [7, 11) is 0. The predicted molar refractivity (Wildman–Crippen MR) is 63.1 cm³/mol. The molecule has 1 atom stereocenters. The molecule has 96 valence electrons. The Hall–Kier alpha value is -0.910. The molecule has 3 N–H and O–H groups in total. The highest BCUT2D eigenvalue weighted by atomic mass is 35.5. The number of nitrogens with one attached hydrogen (secondary N) is 1. The lowest BCUT2D eigenvalue weighted by molar-refractivity contribution is 0.0484. The molecule has 1 unspecified atom stereocenters. The largest absolute Gasteiger partial charge is 0.493 e. The number of para-hydroxylation sites is 1. The summed E-state index contributed by atoms with van der Waals surface area (Å²) in [5.74, 6) is 5.48. The van der Waals surface area contributed by atoms with Crippen molar-refractivity contribution >= 4 is 11.6 Å². The van der Waals surface area contributed by atoms with Gasteiger partial charge in [-0.05, 0) is 24.1 Å². The first-order valence-corrected chi connectivity index (χ1v) is 5.63. The second-order valence-corrected chi connectivity index (χ2v) is 4.03. The first-order chi connectivity index (χ1) is 8.00. The Morgan fingerprint density at radius 1 is 1.47 bits per heavy atom. The number of alkyl halides is 3. The molecule has 0 aromatic heterocycles. The smallest absolute Gasteiger partial charge is 0.342 e. The fourth-order valence-electron chi connectivity index (χ4n) is 1.42. The van der Waals surface area contributed by atoms with E-state index in [1.165, 1.54) is 6.07 Å². The van der Waals surface area contributed by atoms with Gasteiger partial charge in [-0.15, -0.1) is 0 Å². The van der Waals surface area contributed by atoms with Crippen LogP contribution in [0.3, 0.4) is 0 Å². The van der Waals surface area contributed by atoms with Gasteiger partial charge in [-0.1, -0.05) is 25.1 Å². The third-order valence-corrected chi connectivity index (χ3v) is 2.40. The zero-order chi connectivity index (χ0) is 12.9. The molecule has 0 aliphatic heterocycles. The molecule has 0 spiro atoms. The minimum Gasteiger partial charge on any atom is -0.493 e. The molecule has 1 aromatic carbocycles. The molecule has 0 amide bonds. The highest BCUT2D eigenvalue weighted by Gasteiger charge is 2.39. The summed E-state index contributed by atoms with van der Waals surface area (Å²) in [5, 5.41) is -3.49. The Morgan fingerprint density at radius 3 is 2.65 bits per heavy atom. The highest BCUT2D eigenvalue weighted by Crippen LogP contribution is 2.38. The summed E-state index contributed by atoms with van der Waals surface area (Å²) in [6.45, 7) is 2.37. The number of hydrogen-bond acceptors (Lipinski definition) is 3. The average molecular weight is 265 g/mol. The van der Waals surface area contributed by atoms with Crippen LogP contribution >= 0.6 is 11.6 Å². The number of rotatable bonds is 6. The van der Waals surface area contributed by atoms with Crippen LogP contribution in [0.25, 0.3) is 0 Å². The van der Waals surface area contributed by atoms with E-state index < -0.39 is 11.4 Å².